The highest BCUT2D eigenvalue weighted by atomic mass is 16.6. The SMILES string of the molecule is Cc1ccc(CN[C@H](C)CN2CCOC2=O)nc1. The fraction of sp³-hybridized carbons (Fsp3) is 0.538. The standard InChI is InChI=1S/C13H19N3O2/c1-10-3-4-12(15-7-10)8-14-11(2)9-16-5-6-18-13(16)17/h3-4,7,11,14H,5-6,8-9H2,1-2H3/t11-/m1/s1. The Hall–Kier alpha value is -1.62. The molecule has 2 heterocycles. The Labute approximate surface area is 107 Å². The molecule has 0 aromatic carbocycles. The van der Waals surface area contributed by atoms with E-state index in [4.69, 9.17) is 4.74 Å². The van der Waals surface area contributed by atoms with Crippen LogP contribution in [0.3, 0.4) is 0 Å². The lowest BCUT2D eigenvalue weighted by Gasteiger charge is -2.19. The summed E-state index contributed by atoms with van der Waals surface area (Å²) in [6.07, 6.45) is 1.65. The monoisotopic (exact) mass is 249 g/mol. The molecule has 0 unspecified atom stereocenters. The average molecular weight is 249 g/mol. The first-order valence-corrected chi connectivity index (χ1v) is 6.22. The molecule has 2 rings (SSSR count). The van der Waals surface area contributed by atoms with E-state index in [0.717, 1.165) is 11.3 Å². The number of carbonyl (C=O) groups excluding carboxylic acids is 1. The van der Waals surface area contributed by atoms with Gasteiger partial charge in [0.25, 0.3) is 0 Å². The van der Waals surface area contributed by atoms with Crippen molar-refractivity contribution in [3.8, 4) is 0 Å². The molecule has 5 heteroatoms. The van der Waals surface area contributed by atoms with E-state index in [9.17, 15) is 4.79 Å². The first kappa shape index (κ1) is 12.8. The van der Waals surface area contributed by atoms with Gasteiger partial charge in [0.15, 0.2) is 0 Å². The van der Waals surface area contributed by atoms with Gasteiger partial charge < -0.3 is 15.0 Å². The summed E-state index contributed by atoms with van der Waals surface area (Å²) < 4.78 is 4.89. The molecule has 0 saturated carbocycles. The Morgan fingerprint density at radius 1 is 1.56 bits per heavy atom. The number of carbonyl (C=O) groups is 1. The van der Waals surface area contributed by atoms with Gasteiger partial charge in [0.1, 0.15) is 6.61 Å². The summed E-state index contributed by atoms with van der Waals surface area (Å²) in [6, 6.07) is 4.28. The molecule has 0 aliphatic carbocycles. The second-order valence-corrected chi connectivity index (χ2v) is 4.67. The maximum Gasteiger partial charge on any atom is 0.409 e. The molecule has 0 spiro atoms. The molecule has 1 aromatic heterocycles. The van der Waals surface area contributed by atoms with E-state index in [0.29, 0.717) is 26.2 Å². The number of hydrogen-bond acceptors (Lipinski definition) is 4. The number of nitrogens with one attached hydrogen (secondary N) is 1. The van der Waals surface area contributed by atoms with Crippen molar-refractivity contribution in [2.45, 2.75) is 26.4 Å². The van der Waals surface area contributed by atoms with Crippen molar-refractivity contribution in [3.05, 3.63) is 29.6 Å². The molecule has 1 saturated heterocycles. The molecule has 1 amide bonds. The molecule has 5 nitrogen and oxygen atoms in total. The number of amides is 1. The molecule has 0 bridgehead atoms. The summed E-state index contributed by atoms with van der Waals surface area (Å²) >= 11 is 0. The lowest BCUT2D eigenvalue weighted by atomic mass is 10.2. The number of rotatable bonds is 5. The van der Waals surface area contributed by atoms with Crippen molar-refractivity contribution >= 4 is 6.09 Å². The van der Waals surface area contributed by atoms with E-state index in [1.54, 1.807) is 4.90 Å². The molecule has 1 fully saturated rings. The third-order valence-corrected chi connectivity index (χ3v) is 2.94. The van der Waals surface area contributed by atoms with Gasteiger partial charge in [0.05, 0.1) is 12.2 Å². The van der Waals surface area contributed by atoms with Crippen molar-refractivity contribution in [2.75, 3.05) is 19.7 Å². The van der Waals surface area contributed by atoms with Crippen LogP contribution in [0.25, 0.3) is 0 Å². The van der Waals surface area contributed by atoms with Crippen molar-refractivity contribution in [1.29, 1.82) is 0 Å². The summed E-state index contributed by atoms with van der Waals surface area (Å²) in [6.45, 7) is 6.65. The van der Waals surface area contributed by atoms with Gasteiger partial charge in [-0.15, -0.1) is 0 Å². The van der Waals surface area contributed by atoms with Gasteiger partial charge in [-0.25, -0.2) is 4.79 Å². The average Bonchev–Trinajstić information content (AvgIpc) is 2.74. The molecule has 1 aliphatic rings. The number of aromatic nitrogens is 1. The van der Waals surface area contributed by atoms with Crippen LogP contribution in [0, 0.1) is 6.92 Å². The summed E-state index contributed by atoms with van der Waals surface area (Å²) in [5.74, 6) is 0. The Morgan fingerprint density at radius 2 is 2.39 bits per heavy atom. The molecule has 18 heavy (non-hydrogen) atoms. The van der Waals surface area contributed by atoms with Crippen molar-refractivity contribution in [2.24, 2.45) is 0 Å². The van der Waals surface area contributed by atoms with Crippen LogP contribution in [0.5, 0.6) is 0 Å². The van der Waals surface area contributed by atoms with E-state index >= 15 is 0 Å². The highest BCUT2D eigenvalue weighted by Crippen LogP contribution is 2.04. The van der Waals surface area contributed by atoms with Crippen LogP contribution in [-0.2, 0) is 11.3 Å². The van der Waals surface area contributed by atoms with Crippen LogP contribution in [0.4, 0.5) is 4.79 Å². The van der Waals surface area contributed by atoms with Gasteiger partial charge in [-0.2, -0.15) is 0 Å². The number of aryl methyl sites for hydroxylation is 1. The van der Waals surface area contributed by atoms with Gasteiger partial charge >= 0.3 is 6.09 Å². The van der Waals surface area contributed by atoms with E-state index in [1.807, 2.05) is 25.3 Å². The normalized spacial score (nSPS) is 16.8. The highest BCUT2D eigenvalue weighted by molar-refractivity contribution is 5.69. The third-order valence-electron chi connectivity index (χ3n) is 2.94. The molecule has 1 aliphatic heterocycles. The molecule has 1 atom stereocenters. The van der Waals surface area contributed by atoms with Crippen LogP contribution in [0.15, 0.2) is 18.3 Å². The number of cyclic esters (lactones) is 1. The topological polar surface area (TPSA) is 54.5 Å². The predicted molar refractivity (Wildman–Crippen MR) is 68.2 cm³/mol. The fourth-order valence-electron chi connectivity index (χ4n) is 1.87. The maximum absolute atomic E-state index is 11.3. The Bertz CT molecular complexity index is 405. The number of pyridine rings is 1. The Kier molecular flexibility index (Phi) is 4.15. The third kappa shape index (κ3) is 3.43. The van der Waals surface area contributed by atoms with E-state index < -0.39 is 0 Å². The second kappa shape index (κ2) is 5.82. The first-order valence-electron chi connectivity index (χ1n) is 6.22. The van der Waals surface area contributed by atoms with Crippen LogP contribution in [0.2, 0.25) is 0 Å². The molecule has 0 radical (unpaired) electrons. The quantitative estimate of drug-likeness (QED) is 0.855. The maximum atomic E-state index is 11.3. The van der Waals surface area contributed by atoms with Gasteiger partial charge in [-0.3, -0.25) is 4.98 Å². The van der Waals surface area contributed by atoms with Crippen LogP contribution in [-0.4, -0.2) is 41.7 Å². The first-order chi connectivity index (χ1) is 8.65. The Morgan fingerprint density at radius 3 is 3.00 bits per heavy atom. The van der Waals surface area contributed by atoms with E-state index in [1.165, 1.54) is 0 Å². The molecule has 1 N–H and O–H groups in total. The van der Waals surface area contributed by atoms with Crippen LogP contribution < -0.4 is 5.32 Å². The zero-order valence-electron chi connectivity index (χ0n) is 10.8. The summed E-state index contributed by atoms with van der Waals surface area (Å²) in [4.78, 5) is 17.3. The molecule has 1 aromatic rings. The largest absolute Gasteiger partial charge is 0.448 e. The predicted octanol–water partition coefficient (Wildman–Crippen LogP) is 1.32. The minimum atomic E-state index is -0.211. The zero-order valence-corrected chi connectivity index (χ0v) is 10.8. The lowest BCUT2D eigenvalue weighted by Crippen LogP contribution is -2.39. The van der Waals surface area contributed by atoms with Gasteiger partial charge in [-0.1, -0.05) is 6.07 Å². The van der Waals surface area contributed by atoms with Gasteiger partial charge in [0, 0.05) is 25.3 Å². The molecule has 98 valence electrons. The van der Waals surface area contributed by atoms with Crippen molar-refractivity contribution < 1.29 is 9.53 Å². The smallest absolute Gasteiger partial charge is 0.409 e. The second-order valence-electron chi connectivity index (χ2n) is 4.67. The number of hydrogen-bond donors (Lipinski definition) is 1. The summed E-state index contributed by atoms with van der Waals surface area (Å²) in [7, 11) is 0. The number of ether oxygens (including phenoxy) is 1. The summed E-state index contributed by atoms with van der Waals surface area (Å²) in [5, 5.41) is 3.35. The molecular weight excluding hydrogens is 230 g/mol. The van der Waals surface area contributed by atoms with Gasteiger partial charge in [0.2, 0.25) is 0 Å². The van der Waals surface area contributed by atoms with Crippen molar-refractivity contribution in [3.63, 3.8) is 0 Å². The summed E-state index contributed by atoms with van der Waals surface area (Å²) in [5.41, 5.74) is 2.17. The Balaban J connectivity index is 1.76. The fourth-order valence-corrected chi connectivity index (χ4v) is 1.87. The lowest BCUT2D eigenvalue weighted by molar-refractivity contribution is 0.156. The van der Waals surface area contributed by atoms with E-state index in [-0.39, 0.29) is 12.1 Å². The van der Waals surface area contributed by atoms with Crippen LogP contribution >= 0.6 is 0 Å². The van der Waals surface area contributed by atoms with E-state index in [2.05, 4.69) is 17.2 Å². The molecular formula is C13H19N3O2. The minimum absolute atomic E-state index is 0.211. The zero-order chi connectivity index (χ0) is 13.0. The van der Waals surface area contributed by atoms with Crippen molar-refractivity contribution in [1.82, 2.24) is 15.2 Å². The highest BCUT2D eigenvalue weighted by Gasteiger charge is 2.23. The number of nitrogens with zero attached hydrogens (tertiary/aromatic N) is 2. The minimum Gasteiger partial charge on any atom is -0.448 e. The van der Waals surface area contributed by atoms with Gasteiger partial charge in [-0.05, 0) is 25.5 Å². The van der Waals surface area contributed by atoms with Crippen LogP contribution in [0.1, 0.15) is 18.2 Å².